The average molecular weight is 231 g/mol. The predicted molar refractivity (Wildman–Crippen MR) is 67.3 cm³/mol. The summed E-state index contributed by atoms with van der Waals surface area (Å²) in [4.78, 5) is 2.53. The number of hydrogen-bond donors (Lipinski definition) is 1. The van der Waals surface area contributed by atoms with Crippen molar-refractivity contribution in [2.24, 2.45) is 0 Å². The lowest BCUT2D eigenvalue weighted by atomic mass is 10.0. The van der Waals surface area contributed by atoms with Crippen LogP contribution in [-0.2, 0) is 0 Å². The fraction of sp³-hybridized carbons (Fsp3) is 0.833. The maximum absolute atomic E-state index is 5.57. The normalized spacial score (nSPS) is 24.1. The van der Waals surface area contributed by atoms with Crippen LogP contribution in [0.3, 0.4) is 0 Å². The van der Waals surface area contributed by atoms with Gasteiger partial charge in [-0.3, -0.25) is 4.90 Å². The van der Waals surface area contributed by atoms with Crippen LogP contribution in [0, 0.1) is 0 Å². The highest BCUT2D eigenvalue weighted by Gasteiger charge is 2.20. The molecule has 3 heteroatoms. The first-order valence-corrected chi connectivity index (χ1v) is 6.40. The molecule has 1 aliphatic heterocycles. The van der Waals surface area contributed by atoms with Crippen molar-refractivity contribution in [1.82, 2.24) is 10.2 Å². The van der Waals surface area contributed by atoms with E-state index in [1.54, 1.807) is 5.54 Å². The van der Waals surface area contributed by atoms with E-state index in [2.05, 4.69) is 24.1 Å². The van der Waals surface area contributed by atoms with E-state index in [-0.39, 0.29) is 0 Å². The molecular weight excluding hydrogens is 208 g/mol. The molecule has 0 spiro atoms. The lowest BCUT2D eigenvalue weighted by Gasteiger charge is -2.35. The summed E-state index contributed by atoms with van der Waals surface area (Å²) in [5, 5.41) is 3.52. The summed E-state index contributed by atoms with van der Waals surface area (Å²) in [7, 11) is 0. The molecule has 1 saturated heterocycles. The monoisotopic (exact) mass is 230 g/mol. The number of halogens is 1. The van der Waals surface area contributed by atoms with Crippen LogP contribution in [0.2, 0.25) is 0 Å². The first-order valence-electron chi connectivity index (χ1n) is 5.96. The molecule has 1 N–H and O–H groups in total. The largest absolute Gasteiger partial charge is 0.313 e. The van der Waals surface area contributed by atoms with E-state index < -0.39 is 0 Å². The fourth-order valence-corrected chi connectivity index (χ4v) is 2.16. The van der Waals surface area contributed by atoms with Gasteiger partial charge in [0.05, 0.1) is 0 Å². The van der Waals surface area contributed by atoms with Crippen molar-refractivity contribution >= 4 is 11.6 Å². The summed E-state index contributed by atoms with van der Waals surface area (Å²) in [6, 6.07) is 1.27. The van der Waals surface area contributed by atoms with Crippen LogP contribution in [0.4, 0.5) is 0 Å². The van der Waals surface area contributed by atoms with E-state index in [9.17, 15) is 0 Å². The highest BCUT2D eigenvalue weighted by Crippen LogP contribution is 2.16. The van der Waals surface area contributed by atoms with Gasteiger partial charge < -0.3 is 5.32 Å². The van der Waals surface area contributed by atoms with Gasteiger partial charge in [0, 0.05) is 30.7 Å². The van der Waals surface area contributed by atoms with Crippen LogP contribution < -0.4 is 5.32 Å². The first-order chi connectivity index (χ1) is 7.24. The third kappa shape index (κ3) is 5.01. The molecular formula is C12H23ClN2. The second kappa shape index (κ2) is 7.26. The van der Waals surface area contributed by atoms with E-state index in [1.165, 1.54) is 25.8 Å². The Bertz CT molecular complexity index is 192. The van der Waals surface area contributed by atoms with E-state index >= 15 is 0 Å². The van der Waals surface area contributed by atoms with Crippen molar-refractivity contribution in [3.05, 3.63) is 11.6 Å². The van der Waals surface area contributed by atoms with E-state index in [1.807, 2.05) is 6.08 Å². The molecule has 0 aromatic rings. The molecule has 1 rings (SSSR count). The summed E-state index contributed by atoms with van der Waals surface area (Å²) in [6.07, 6.45) is 6.05. The Labute approximate surface area is 98.7 Å². The van der Waals surface area contributed by atoms with E-state index in [0.717, 1.165) is 13.1 Å². The second-order valence-electron chi connectivity index (χ2n) is 4.57. The highest BCUT2D eigenvalue weighted by molar-refractivity contribution is 6.25. The molecule has 2 nitrogen and oxygen atoms in total. The van der Waals surface area contributed by atoms with E-state index in [0.29, 0.717) is 12.1 Å². The van der Waals surface area contributed by atoms with Gasteiger partial charge >= 0.3 is 0 Å². The summed E-state index contributed by atoms with van der Waals surface area (Å²) in [6.45, 7) is 7.71. The molecule has 0 amide bonds. The molecule has 88 valence electrons. The number of hydrogen-bond acceptors (Lipinski definition) is 2. The molecule has 0 aliphatic carbocycles. The van der Waals surface area contributed by atoms with Gasteiger partial charge in [-0.25, -0.2) is 0 Å². The zero-order valence-corrected chi connectivity index (χ0v) is 10.6. The van der Waals surface area contributed by atoms with Crippen molar-refractivity contribution in [2.75, 3.05) is 19.6 Å². The second-order valence-corrected chi connectivity index (χ2v) is 4.82. The van der Waals surface area contributed by atoms with Crippen molar-refractivity contribution in [2.45, 2.75) is 45.2 Å². The third-order valence-corrected chi connectivity index (χ3v) is 3.12. The van der Waals surface area contributed by atoms with Gasteiger partial charge in [-0.2, -0.15) is 0 Å². The molecule has 1 unspecified atom stereocenters. The molecule has 15 heavy (non-hydrogen) atoms. The Morgan fingerprint density at radius 2 is 2.27 bits per heavy atom. The summed E-state index contributed by atoms with van der Waals surface area (Å²) in [5.41, 5.74) is 1.63. The van der Waals surface area contributed by atoms with Gasteiger partial charge in [0.15, 0.2) is 0 Å². The molecule has 1 heterocycles. The first kappa shape index (κ1) is 13.0. The summed E-state index contributed by atoms with van der Waals surface area (Å²) >= 11 is 5.57. The number of rotatable bonds is 5. The van der Waals surface area contributed by atoms with Crippen molar-refractivity contribution < 1.29 is 0 Å². The molecule has 1 atom stereocenters. The zero-order chi connectivity index (χ0) is 11.1. The minimum Gasteiger partial charge on any atom is -0.313 e. The van der Waals surface area contributed by atoms with Gasteiger partial charge in [-0.05, 0) is 19.4 Å². The van der Waals surface area contributed by atoms with Crippen LogP contribution in [0.5, 0.6) is 0 Å². The SMILES string of the molecule is CC(C)NCC1CCCCN1CC=CCl. The molecule has 1 aliphatic rings. The maximum Gasteiger partial charge on any atom is 0.0224 e. The summed E-state index contributed by atoms with van der Waals surface area (Å²) < 4.78 is 0. The van der Waals surface area contributed by atoms with Gasteiger partial charge in [-0.1, -0.05) is 37.9 Å². The van der Waals surface area contributed by atoms with Crippen LogP contribution >= 0.6 is 11.6 Å². The van der Waals surface area contributed by atoms with Crippen LogP contribution in [-0.4, -0.2) is 36.6 Å². The summed E-state index contributed by atoms with van der Waals surface area (Å²) in [5.74, 6) is 0. The van der Waals surface area contributed by atoms with Gasteiger partial charge in [0.2, 0.25) is 0 Å². The Morgan fingerprint density at radius 3 is 2.93 bits per heavy atom. The standard InChI is InChI=1S/C12H23ClN2/c1-11(2)14-10-12-6-3-4-8-15(12)9-5-7-13/h5,7,11-12,14H,3-4,6,8-10H2,1-2H3. The zero-order valence-electron chi connectivity index (χ0n) is 9.88. The topological polar surface area (TPSA) is 15.3 Å². The molecule has 0 aromatic carbocycles. The number of nitrogens with zero attached hydrogens (tertiary/aromatic N) is 1. The number of nitrogens with one attached hydrogen (secondary N) is 1. The molecule has 1 fully saturated rings. The molecule has 0 aromatic heterocycles. The lowest BCUT2D eigenvalue weighted by molar-refractivity contribution is 0.160. The Kier molecular flexibility index (Phi) is 6.30. The van der Waals surface area contributed by atoms with Crippen LogP contribution in [0.25, 0.3) is 0 Å². The Balaban J connectivity index is 2.35. The van der Waals surface area contributed by atoms with Gasteiger partial charge in [0.25, 0.3) is 0 Å². The minimum atomic E-state index is 0.581. The minimum absolute atomic E-state index is 0.581. The van der Waals surface area contributed by atoms with Gasteiger partial charge in [-0.15, -0.1) is 0 Å². The van der Waals surface area contributed by atoms with Gasteiger partial charge in [0.1, 0.15) is 0 Å². The quantitative estimate of drug-likeness (QED) is 0.781. The maximum atomic E-state index is 5.57. The van der Waals surface area contributed by atoms with Crippen LogP contribution in [0.15, 0.2) is 11.6 Å². The average Bonchev–Trinajstić information content (AvgIpc) is 2.24. The molecule has 0 radical (unpaired) electrons. The smallest absolute Gasteiger partial charge is 0.0224 e. The third-order valence-electron chi connectivity index (χ3n) is 2.94. The van der Waals surface area contributed by atoms with Crippen molar-refractivity contribution in [1.29, 1.82) is 0 Å². The fourth-order valence-electron chi connectivity index (χ4n) is 2.08. The lowest BCUT2D eigenvalue weighted by Crippen LogP contribution is -2.46. The van der Waals surface area contributed by atoms with Crippen molar-refractivity contribution in [3.63, 3.8) is 0 Å². The van der Waals surface area contributed by atoms with Crippen LogP contribution in [0.1, 0.15) is 33.1 Å². The Hall–Kier alpha value is -0.0500. The number of likely N-dealkylation sites (tertiary alicyclic amines) is 1. The molecule has 0 bridgehead atoms. The Morgan fingerprint density at radius 1 is 1.47 bits per heavy atom. The predicted octanol–water partition coefficient (Wildman–Crippen LogP) is 2.59. The van der Waals surface area contributed by atoms with E-state index in [4.69, 9.17) is 11.6 Å². The molecule has 0 saturated carbocycles. The van der Waals surface area contributed by atoms with Crippen molar-refractivity contribution in [3.8, 4) is 0 Å². The highest BCUT2D eigenvalue weighted by atomic mass is 35.5. The number of piperidine rings is 1.